The lowest BCUT2D eigenvalue weighted by Crippen LogP contribution is -2.37. The van der Waals surface area contributed by atoms with Crippen molar-refractivity contribution in [3.63, 3.8) is 0 Å². The van der Waals surface area contributed by atoms with E-state index in [9.17, 15) is 5.11 Å². The first-order valence-corrected chi connectivity index (χ1v) is 7.28. The third kappa shape index (κ3) is 4.51. The molecule has 0 aliphatic carbocycles. The van der Waals surface area contributed by atoms with Crippen LogP contribution in [0.3, 0.4) is 0 Å². The van der Waals surface area contributed by atoms with Gasteiger partial charge >= 0.3 is 0 Å². The van der Waals surface area contributed by atoms with Crippen LogP contribution in [0, 0.1) is 0 Å². The number of nitrogens with zero attached hydrogens (tertiary/aromatic N) is 1. The number of benzene rings is 1. The maximum absolute atomic E-state index is 9.28. The fourth-order valence-electron chi connectivity index (χ4n) is 2.65. The summed E-state index contributed by atoms with van der Waals surface area (Å²) in [6, 6.07) is 8.13. The molecular weight excluding hydrogens is 238 g/mol. The second-order valence-corrected chi connectivity index (χ2v) is 5.58. The van der Waals surface area contributed by atoms with Crippen molar-refractivity contribution < 1.29 is 9.84 Å². The maximum atomic E-state index is 9.28. The van der Waals surface area contributed by atoms with E-state index in [0.717, 1.165) is 39.0 Å². The van der Waals surface area contributed by atoms with E-state index in [1.807, 2.05) is 12.1 Å². The predicted molar refractivity (Wildman–Crippen MR) is 77.5 cm³/mol. The van der Waals surface area contributed by atoms with Gasteiger partial charge < -0.3 is 9.84 Å². The summed E-state index contributed by atoms with van der Waals surface area (Å²) in [4.78, 5) is 2.54. The summed E-state index contributed by atoms with van der Waals surface area (Å²) >= 11 is 0. The molecule has 1 N–H and O–H groups in total. The largest absolute Gasteiger partial charge is 0.508 e. The van der Waals surface area contributed by atoms with Crippen molar-refractivity contribution in [1.29, 1.82) is 0 Å². The molecule has 106 valence electrons. The molecule has 0 amide bonds. The fraction of sp³-hybridized carbons (Fsp3) is 0.625. The van der Waals surface area contributed by atoms with Gasteiger partial charge in [-0.1, -0.05) is 12.1 Å². The Morgan fingerprint density at radius 2 is 2.11 bits per heavy atom. The first-order chi connectivity index (χ1) is 9.15. The van der Waals surface area contributed by atoms with Crippen molar-refractivity contribution in [2.24, 2.45) is 0 Å². The lowest BCUT2D eigenvalue weighted by atomic mass is 10.0. The molecule has 3 heteroatoms. The standard InChI is InChI=1S/C16H25NO2/c1-13(17-10-3-11-19-14(2)12-17)4-5-15-6-8-16(18)9-7-15/h6-9,13-14,18H,3-5,10-12H2,1-2H3. The average molecular weight is 263 g/mol. The Morgan fingerprint density at radius 3 is 2.84 bits per heavy atom. The zero-order chi connectivity index (χ0) is 13.7. The second kappa shape index (κ2) is 6.92. The molecule has 0 saturated carbocycles. The number of rotatable bonds is 4. The van der Waals surface area contributed by atoms with E-state index in [1.54, 1.807) is 12.1 Å². The molecule has 0 spiro atoms. The topological polar surface area (TPSA) is 32.7 Å². The summed E-state index contributed by atoms with van der Waals surface area (Å²) in [7, 11) is 0. The summed E-state index contributed by atoms with van der Waals surface area (Å²) in [5.74, 6) is 0.343. The SMILES string of the molecule is CC1CN(C(C)CCc2ccc(O)cc2)CCCO1. The summed E-state index contributed by atoms with van der Waals surface area (Å²) in [6.45, 7) is 7.53. The normalized spacial score (nSPS) is 22.9. The van der Waals surface area contributed by atoms with E-state index in [-0.39, 0.29) is 0 Å². The van der Waals surface area contributed by atoms with E-state index in [1.165, 1.54) is 5.56 Å². The van der Waals surface area contributed by atoms with Crippen LogP contribution in [0.1, 0.15) is 32.3 Å². The van der Waals surface area contributed by atoms with Gasteiger partial charge in [0, 0.05) is 25.7 Å². The monoisotopic (exact) mass is 263 g/mol. The molecule has 1 fully saturated rings. The highest BCUT2D eigenvalue weighted by Crippen LogP contribution is 2.16. The Kier molecular flexibility index (Phi) is 5.23. The Hall–Kier alpha value is -1.06. The van der Waals surface area contributed by atoms with Gasteiger partial charge in [0.25, 0.3) is 0 Å². The molecule has 1 saturated heterocycles. The highest BCUT2D eigenvalue weighted by molar-refractivity contribution is 5.25. The third-order valence-electron chi connectivity index (χ3n) is 3.89. The highest BCUT2D eigenvalue weighted by atomic mass is 16.5. The Bertz CT molecular complexity index is 377. The van der Waals surface area contributed by atoms with Gasteiger partial charge in [-0.2, -0.15) is 0 Å². The molecule has 1 aliphatic heterocycles. The number of hydrogen-bond acceptors (Lipinski definition) is 3. The van der Waals surface area contributed by atoms with Crippen molar-refractivity contribution in [2.45, 2.75) is 45.3 Å². The molecular formula is C16H25NO2. The van der Waals surface area contributed by atoms with Gasteiger partial charge in [0.15, 0.2) is 0 Å². The van der Waals surface area contributed by atoms with Crippen molar-refractivity contribution in [2.75, 3.05) is 19.7 Å². The van der Waals surface area contributed by atoms with Gasteiger partial charge in [0.05, 0.1) is 6.10 Å². The Morgan fingerprint density at radius 1 is 1.37 bits per heavy atom. The first kappa shape index (κ1) is 14.4. The molecule has 1 aromatic rings. The number of ether oxygens (including phenoxy) is 1. The lowest BCUT2D eigenvalue weighted by molar-refractivity contribution is 0.0613. The summed E-state index contributed by atoms with van der Waals surface area (Å²) in [5.41, 5.74) is 1.30. The summed E-state index contributed by atoms with van der Waals surface area (Å²) in [5, 5.41) is 9.28. The van der Waals surface area contributed by atoms with Crippen LogP contribution in [0.4, 0.5) is 0 Å². The van der Waals surface area contributed by atoms with Gasteiger partial charge in [0.2, 0.25) is 0 Å². The molecule has 0 bridgehead atoms. The van der Waals surface area contributed by atoms with Crippen LogP contribution in [0.15, 0.2) is 24.3 Å². The van der Waals surface area contributed by atoms with Crippen molar-refractivity contribution in [3.8, 4) is 5.75 Å². The first-order valence-electron chi connectivity index (χ1n) is 7.28. The van der Waals surface area contributed by atoms with Crippen LogP contribution in [0.25, 0.3) is 0 Å². The highest BCUT2D eigenvalue weighted by Gasteiger charge is 2.19. The lowest BCUT2D eigenvalue weighted by Gasteiger charge is -2.28. The Labute approximate surface area is 116 Å². The quantitative estimate of drug-likeness (QED) is 0.906. The number of aryl methyl sites for hydroxylation is 1. The zero-order valence-electron chi connectivity index (χ0n) is 12.0. The molecule has 1 aliphatic rings. The van der Waals surface area contributed by atoms with Crippen LogP contribution >= 0.6 is 0 Å². The van der Waals surface area contributed by atoms with Gasteiger partial charge in [-0.3, -0.25) is 4.90 Å². The van der Waals surface area contributed by atoms with Crippen LogP contribution in [0.2, 0.25) is 0 Å². The second-order valence-electron chi connectivity index (χ2n) is 5.58. The van der Waals surface area contributed by atoms with E-state index < -0.39 is 0 Å². The molecule has 19 heavy (non-hydrogen) atoms. The zero-order valence-corrected chi connectivity index (χ0v) is 12.0. The fourth-order valence-corrected chi connectivity index (χ4v) is 2.65. The van der Waals surface area contributed by atoms with Gasteiger partial charge in [-0.05, 0) is 50.8 Å². The molecule has 2 unspecified atom stereocenters. The van der Waals surface area contributed by atoms with E-state index >= 15 is 0 Å². The molecule has 0 radical (unpaired) electrons. The van der Waals surface area contributed by atoms with E-state index in [2.05, 4.69) is 18.7 Å². The minimum Gasteiger partial charge on any atom is -0.508 e. The van der Waals surface area contributed by atoms with Crippen LogP contribution in [-0.2, 0) is 11.2 Å². The number of phenolic OH excluding ortho intramolecular Hbond substituents is 1. The molecule has 3 nitrogen and oxygen atoms in total. The number of phenols is 1. The van der Waals surface area contributed by atoms with Crippen LogP contribution in [0.5, 0.6) is 5.75 Å². The van der Waals surface area contributed by atoms with Crippen molar-refractivity contribution in [3.05, 3.63) is 29.8 Å². The number of hydrogen-bond donors (Lipinski definition) is 1. The molecule has 2 rings (SSSR count). The van der Waals surface area contributed by atoms with Gasteiger partial charge in [0.1, 0.15) is 5.75 Å². The van der Waals surface area contributed by atoms with Gasteiger partial charge in [-0.25, -0.2) is 0 Å². The maximum Gasteiger partial charge on any atom is 0.115 e. The molecule has 0 aromatic heterocycles. The number of aromatic hydroxyl groups is 1. The van der Waals surface area contributed by atoms with E-state index in [4.69, 9.17) is 4.74 Å². The average Bonchev–Trinajstić information content (AvgIpc) is 2.62. The van der Waals surface area contributed by atoms with Crippen molar-refractivity contribution in [1.82, 2.24) is 4.90 Å². The minimum absolute atomic E-state index is 0.343. The summed E-state index contributed by atoms with van der Waals surface area (Å²) < 4.78 is 5.69. The molecule has 1 aromatic carbocycles. The smallest absolute Gasteiger partial charge is 0.115 e. The predicted octanol–water partition coefficient (Wildman–Crippen LogP) is 2.82. The van der Waals surface area contributed by atoms with E-state index in [0.29, 0.717) is 17.9 Å². The molecule has 1 heterocycles. The summed E-state index contributed by atoms with van der Waals surface area (Å²) in [6.07, 6.45) is 3.69. The third-order valence-corrected chi connectivity index (χ3v) is 3.89. The van der Waals surface area contributed by atoms with Gasteiger partial charge in [-0.15, -0.1) is 0 Å². The van der Waals surface area contributed by atoms with Crippen molar-refractivity contribution >= 4 is 0 Å². The minimum atomic E-state index is 0.343. The Balaban J connectivity index is 1.82. The van der Waals surface area contributed by atoms with Crippen LogP contribution < -0.4 is 0 Å². The molecule has 2 atom stereocenters. The van der Waals surface area contributed by atoms with Crippen LogP contribution in [-0.4, -0.2) is 41.8 Å².